The predicted octanol–water partition coefficient (Wildman–Crippen LogP) is 1.93. The molecule has 0 spiro atoms. The Hall–Kier alpha value is -0.650. The van der Waals surface area contributed by atoms with Crippen molar-refractivity contribution in [1.82, 2.24) is 20.4 Å². The van der Waals surface area contributed by atoms with E-state index in [1.807, 2.05) is 20.8 Å². The van der Waals surface area contributed by atoms with Crippen molar-refractivity contribution in [2.24, 2.45) is 0 Å². The fourth-order valence-corrected chi connectivity index (χ4v) is 2.55. The molecule has 0 aromatic heterocycles. The molecule has 138 valence electrons. The number of amides is 1. The molecule has 0 saturated carbocycles. The first-order valence-electron chi connectivity index (χ1n) is 9.06. The molecular weight excluding hydrogens is 288 g/mol. The van der Waals surface area contributed by atoms with Crippen molar-refractivity contribution in [3.05, 3.63) is 0 Å². The number of nitrogens with zero attached hydrogens (tertiary/aromatic N) is 2. The van der Waals surface area contributed by atoms with Crippen LogP contribution in [0, 0.1) is 0 Å². The minimum atomic E-state index is -0.164. The van der Waals surface area contributed by atoms with Gasteiger partial charge in [0, 0.05) is 43.8 Å². The number of likely N-dealkylation sites (N-methyl/N-ethyl adjacent to an activating group) is 1. The first-order valence-corrected chi connectivity index (χ1v) is 9.06. The molecule has 0 aromatic carbocycles. The first kappa shape index (κ1) is 22.4. The summed E-state index contributed by atoms with van der Waals surface area (Å²) in [6.07, 6.45) is 0. The SMILES string of the molecule is CCN(CCN(CCNCC(=O)NC(C)(C)C)C(C)C)C(C)C. The Labute approximate surface area is 144 Å². The van der Waals surface area contributed by atoms with Crippen molar-refractivity contribution in [3.63, 3.8) is 0 Å². The van der Waals surface area contributed by atoms with Gasteiger partial charge in [0.05, 0.1) is 6.54 Å². The van der Waals surface area contributed by atoms with Gasteiger partial charge in [0.1, 0.15) is 0 Å². The minimum absolute atomic E-state index is 0.0607. The number of nitrogens with one attached hydrogen (secondary N) is 2. The lowest BCUT2D eigenvalue weighted by Gasteiger charge is -2.31. The van der Waals surface area contributed by atoms with Crippen LogP contribution in [0.5, 0.6) is 0 Å². The van der Waals surface area contributed by atoms with Crippen LogP contribution < -0.4 is 10.6 Å². The van der Waals surface area contributed by atoms with Gasteiger partial charge in [0.15, 0.2) is 0 Å². The molecule has 5 heteroatoms. The Balaban J connectivity index is 4.08. The van der Waals surface area contributed by atoms with Crippen molar-refractivity contribution >= 4 is 5.91 Å². The van der Waals surface area contributed by atoms with E-state index in [4.69, 9.17) is 0 Å². The Kier molecular flexibility index (Phi) is 10.7. The van der Waals surface area contributed by atoms with E-state index in [9.17, 15) is 4.79 Å². The summed E-state index contributed by atoms with van der Waals surface area (Å²) in [7, 11) is 0. The third-order valence-electron chi connectivity index (χ3n) is 3.92. The zero-order valence-corrected chi connectivity index (χ0v) is 16.7. The van der Waals surface area contributed by atoms with Crippen LogP contribution in [-0.4, -0.2) is 72.6 Å². The van der Waals surface area contributed by atoms with E-state index in [2.05, 4.69) is 55.1 Å². The van der Waals surface area contributed by atoms with E-state index >= 15 is 0 Å². The number of carbonyl (C=O) groups excluding carboxylic acids is 1. The zero-order chi connectivity index (χ0) is 18.0. The largest absolute Gasteiger partial charge is 0.350 e. The summed E-state index contributed by atoms with van der Waals surface area (Å²) in [6.45, 7) is 22.6. The quantitative estimate of drug-likeness (QED) is 0.569. The van der Waals surface area contributed by atoms with Crippen LogP contribution >= 0.6 is 0 Å². The average Bonchev–Trinajstić information content (AvgIpc) is 2.38. The van der Waals surface area contributed by atoms with Crippen LogP contribution in [0.25, 0.3) is 0 Å². The highest BCUT2D eigenvalue weighted by atomic mass is 16.2. The van der Waals surface area contributed by atoms with Gasteiger partial charge in [-0.1, -0.05) is 6.92 Å². The molecule has 0 saturated heterocycles. The molecule has 0 unspecified atom stereocenters. The average molecular weight is 329 g/mol. The summed E-state index contributed by atoms with van der Waals surface area (Å²) in [5, 5.41) is 6.22. The van der Waals surface area contributed by atoms with Gasteiger partial charge in [0.25, 0.3) is 0 Å². The number of carbonyl (C=O) groups is 1. The van der Waals surface area contributed by atoms with Gasteiger partial charge in [-0.3, -0.25) is 14.6 Å². The van der Waals surface area contributed by atoms with Crippen LogP contribution in [0.3, 0.4) is 0 Å². The molecule has 0 aromatic rings. The Morgan fingerprint density at radius 3 is 1.91 bits per heavy atom. The Morgan fingerprint density at radius 2 is 1.48 bits per heavy atom. The van der Waals surface area contributed by atoms with Crippen molar-refractivity contribution in [1.29, 1.82) is 0 Å². The molecule has 2 N–H and O–H groups in total. The third kappa shape index (κ3) is 11.5. The second-order valence-corrected chi connectivity index (χ2v) is 7.83. The molecule has 0 rings (SSSR count). The highest BCUT2D eigenvalue weighted by Gasteiger charge is 2.14. The number of hydrogen-bond donors (Lipinski definition) is 2. The summed E-state index contributed by atoms with van der Waals surface area (Å²) in [5.41, 5.74) is -0.164. The Morgan fingerprint density at radius 1 is 0.957 bits per heavy atom. The van der Waals surface area contributed by atoms with Crippen molar-refractivity contribution in [2.45, 2.75) is 73.0 Å². The minimum Gasteiger partial charge on any atom is -0.350 e. The van der Waals surface area contributed by atoms with Gasteiger partial charge in [0.2, 0.25) is 5.91 Å². The third-order valence-corrected chi connectivity index (χ3v) is 3.92. The second kappa shape index (κ2) is 11.0. The highest BCUT2D eigenvalue weighted by molar-refractivity contribution is 5.78. The van der Waals surface area contributed by atoms with E-state index in [1.165, 1.54) is 0 Å². The van der Waals surface area contributed by atoms with Crippen LogP contribution in [0.15, 0.2) is 0 Å². The maximum absolute atomic E-state index is 11.8. The molecule has 0 radical (unpaired) electrons. The number of rotatable bonds is 11. The fourth-order valence-electron chi connectivity index (χ4n) is 2.55. The van der Waals surface area contributed by atoms with Gasteiger partial charge in [-0.05, 0) is 55.0 Å². The molecule has 23 heavy (non-hydrogen) atoms. The molecule has 5 nitrogen and oxygen atoms in total. The lowest BCUT2D eigenvalue weighted by Crippen LogP contribution is -2.47. The summed E-state index contributed by atoms with van der Waals surface area (Å²) in [4.78, 5) is 16.7. The number of hydrogen-bond acceptors (Lipinski definition) is 4. The maximum Gasteiger partial charge on any atom is 0.234 e. The van der Waals surface area contributed by atoms with Crippen molar-refractivity contribution in [3.8, 4) is 0 Å². The monoisotopic (exact) mass is 328 g/mol. The molecule has 0 aliphatic heterocycles. The van der Waals surface area contributed by atoms with Crippen LogP contribution in [0.2, 0.25) is 0 Å². The van der Waals surface area contributed by atoms with Gasteiger partial charge in [-0.15, -0.1) is 0 Å². The fraction of sp³-hybridized carbons (Fsp3) is 0.944. The van der Waals surface area contributed by atoms with E-state index in [1.54, 1.807) is 0 Å². The normalized spacial score (nSPS) is 12.7. The van der Waals surface area contributed by atoms with Crippen LogP contribution in [-0.2, 0) is 4.79 Å². The highest BCUT2D eigenvalue weighted by Crippen LogP contribution is 2.02. The van der Waals surface area contributed by atoms with E-state index in [-0.39, 0.29) is 11.4 Å². The molecule has 0 bridgehead atoms. The molecule has 0 fully saturated rings. The van der Waals surface area contributed by atoms with Crippen molar-refractivity contribution < 1.29 is 4.79 Å². The molecule has 0 atom stereocenters. The maximum atomic E-state index is 11.8. The van der Waals surface area contributed by atoms with Crippen molar-refractivity contribution in [2.75, 3.05) is 39.3 Å². The van der Waals surface area contributed by atoms with Gasteiger partial charge in [-0.25, -0.2) is 0 Å². The summed E-state index contributed by atoms with van der Waals surface area (Å²) in [6, 6.07) is 1.11. The molecule has 0 aliphatic rings. The van der Waals surface area contributed by atoms with Gasteiger partial charge >= 0.3 is 0 Å². The predicted molar refractivity (Wildman–Crippen MR) is 99.9 cm³/mol. The van der Waals surface area contributed by atoms with Crippen LogP contribution in [0.1, 0.15) is 55.4 Å². The topological polar surface area (TPSA) is 47.6 Å². The molecular formula is C18H40N4O. The first-order chi connectivity index (χ1) is 10.6. The summed E-state index contributed by atoms with van der Waals surface area (Å²) in [5.74, 6) is 0.0607. The van der Waals surface area contributed by atoms with Gasteiger partial charge in [-0.2, -0.15) is 0 Å². The van der Waals surface area contributed by atoms with Gasteiger partial charge < -0.3 is 10.6 Å². The Bertz CT molecular complexity index is 323. The standard InChI is InChI=1S/C18H40N4O/c1-9-21(15(2)3)12-13-22(16(4)5)11-10-19-14-17(23)20-18(6,7)8/h15-16,19H,9-14H2,1-8H3,(H,20,23). The van der Waals surface area contributed by atoms with Crippen LogP contribution in [0.4, 0.5) is 0 Å². The second-order valence-electron chi connectivity index (χ2n) is 7.83. The zero-order valence-electron chi connectivity index (χ0n) is 16.7. The molecule has 0 aliphatic carbocycles. The molecule has 0 heterocycles. The smallest absolute Gasteiger partial charge is 0.234 e. The lowest BCUT2D eigenvalue weighted by molar-refractivity contribution is -0.121. The summed E-state index contributed by atoms with van der Waals surface area (Å²) >= 11 is 0. The lowest BCUT2D eigenvalue weighted by atomic mass is 10.1. The summed E-state index contributed by atoms with van der Waals surface area (Å²) < 4.78 is 0. The van der Waals surface area contributed by atoms with E-state index in [0.29, 0.717) is 18.6 Å². The molecule has 1 amide bonds. The van der Waals surface area contributed by atoms with E-state index < -0.39 is 0 Å². The van der Waals surface area contributed by atoms with E-state index in [0.717, 1.165) is 32.7 Å².